The molecule has 0 saturated heterocycles. The number of hydrogen-bond donors (Lipinski definition) is 1. The Balaban J connectivity index is 2.43. The molecule has 0 spiro atoms. The molecule has 0 atom stereocenters. The first kappa shape index (κ1) is 12.7. The number of nitro groups is 1. The van der Waals surface area contributed by atoms with E-state index in [9.17, 15) is 14.9 Å². The van der Waals surface area contributed by atoms with Crippen molar-refractivity contribution in [2.45, 2.75) is 0 Å². The first-order valence-corrected chi connectivity index (χ1v) is 5.73. The standard InChI is InChI=1S/C9H12N2O4S/c1-15-2-3-16-6-9(12)8-4-7(5-10-8)11(13)14/h4-5,10H,2-3,6H2,1H3. The van der Waals surface area contributed by atoms with Crippen molar-refractivity contribution in [3.8, 4) is 0 Å². The number of nitrogens with zero attached hydrogens (tertiary/aromatic N) is 1. The number of carbonyl (C=O) groups excluding carboxylic acids is 1. The van der Waals surface area contributed by atoms with Crippen LogP contribution in [0.15, 0.2) is 12.3 Å². The van der Waals surface area contributed by atoms with Crippen molar-refractivity contribution < 1.29 is 14.5 Å². The lowest BCUT2D eigenvalue weighted by atomic mass is 10.3. The molecule has 88 valence electrons. The van der Waals surface area contributed by atoms with Crippen molar-refractivity contribution in [3.63, 3.8) is 0 Å². The summed E-state index contributed by atoms with van der Waals surface area (Å²) in [4.78, 5) is 24.0. The number of methoxy groups -OCH3 is 1. The van der Waals surface area contributed by atoms with Gasteiger partial charge in [-0.25, -0.2) is 0 Å². The molecule has 1 aromatic heterocycles. The van der Waals surface area contributed by atoms with Crippen LogP contribution >= 0.6 is 11.8 Å². The third kappa shape index (κ3) is 3.67. The Morgan fingerprint density at radius 1 is 1.69 bits per heavy atom. The highest BCUT2D eigenvalue weighted by Crippen LogP contribution is 2.14. The van der Waals surface area contributed by atoms with E-state index < -0.39 is 4.92 Å². The highest BCUT2D eigenvalue weighted by Gasteiger charge is 2.13. The Bertz CT molecular complexity index is 377. The van der Waals surface area contributed by atoms with Crippen LogP contribution in [0.1, 0.15) is 10.5 Å². The molecule has 0 aromatic carbocycles. The second-order valence-electron chi connectivity index (χ2n) is 3.00. The summed E-state index contributed by atoms with van der Waals surface area (Å²) in [7, 11) is 1.59. The number of carbonyl (C=O) groups is 1. The summed E-state index contributed by atoms with van der Waals surface area (Å²) >= 11 is 1.43. The Morgan fingerprint density at radius 3 is 3.00 bits per heavy atom. The summed E-state index contributed by atoms with van der Waals surface area (Å²) in [5, 5.41) is 10.4. The van der Waals surface area contributed by atoms with Gasteiger partial charge in [0, 0.05) is 18.9 Å². The molecule has 1 rings (SSSR count). The number of thioether (sulfide) groups is 1. The summed E-state index contributed by atoms with van der Waals surface area (Å²) in [5.41, 5.74) is 0.182. The molecular weight excluding hydrogens is 232 g/mol. The maximum atomic E-state index is 11.5. The van der Waals surface area contributed by atoms with Crippen molar-refractivity contribution in [2.24, 2.45) is 0 Å². The number of H-pyrrole nitrogens is 1. The van der Waals surface area contributed by atoms with Gasteiger partial charge in [-0.1, -0.05) is 0 Å². The van der Waals surface area contributed by atoms with Crippen LogP contribution < -0.4 is 0 Å². The fourth-order valence-electron chi connectivity index (χ4n) is 1.03. The Kier molecular flexibility index (Phi) is 5.00. The smallest absolute Gasteiger partial charge is 0.287 e. The topological polar surface area (TPSA) is 85.2 Å². The zero-order chi connectivity index (χ0) is 12.0. The van der Waals surface area contributed by atoms with E-state index in [1.165, 1.54) is 24.0 Å². The first-order valence-electron chi connectivity index (χ1n) is 4.58. The predicted octanol–water partition coefficient (Wildman–Crippen LogP) is 1.49. The second kappa shape index (κ2) is 6.29. The number of aromatic amines is 1. The van der Waals surface area contributed by atoms with E-state index in [0.717, 1.165) is 5.75 Å². The van der Waals surface area contributed by atoms with Crippen molar-refractivity contribution >= 4 is 23.2 Å². The van der Waals surface area contributed by atoms with Crippen LogP contribution in [0, 0.1) is 10.1 Å². The molecule has 0 aliphatic carbocycles. The van der Waals surface area contributed by atoms with Gasteiger partial charge in [0.15, 0.2) is 5.78 Å². The van der Waals surface area contributed by atoms with Crippen LogP contribution in [0.4, 0.5) is 5.69 Å². The molecule has 0 fully saturated rings. The van der Waals surface area contributed by atoms with Crippen molar-refractivity contribution in [1.82, 2.24) is 4.98 Å². The molecule has 6 nitrogen and oxygen atoms in total. The first-order chi connectivity index (χ1) is 7.65. The minimum absolute atomic E-state index is 0.0924. The summed E-state index contributed by atoms with van der Waals surface area (Å²) < 4.78 is 4.84. The fourth-order valence-corrected chi connectivity index (χ4v) is 1.80. The third-order valence-electron chi connectivity index (χ3n) is 1.84. The Morgan fingerprint density at radius 2 is 2.44 bits per heavy atom. The van der Waals surface area contributed by atoms with Gasteiger partial charge in [0.2, 0.25) is 0 Å². The number of aromatic nitrogens is 1. The number of hydrogen-bond acceptors (Lipinski definition) is 5. The van der Waals surface area contributed by atoms with Gasteiger partial charge in [0.05, 0.1) is 29.2 Å². The van der Waals surface area contributed by atoms with E-state index in [1.54, 1.807) is 7.11 Å². The molecular formula is C9H12N2O4S. The van der Waals surface area contributed by atoms with E-state index in [4.69, 9.17) is 4.74 Å². The van der Waals surface area contributed by atoms with Crippen molar-refractivity contribution in [1.29, 1.82) is 0 Å². The average Bonchev–Trinajstić information content (AvgIpc) is 2.73. The summed E-state index contributed by atoms with van der Waals surface area (Å²) in [6, 6.07) is 1.25. The van der Waals surface area contributed by atoms with E-state index in [-0.39, 0.29) is 17.2 Å². The minimum Gasteiger partial charge on any atom is -0.384 e. The molecule has 1 N–H and O–H groups in total. The fraction of sp³-hybridized carbons (Fsp3) is 0.444. The Labute approximate surface area is 96.5 Å². The highest BCUT2D eigenvalue weighted by atomic mass is 32.2. The van der Waals surface area contributed by atoms with Crippen LogP contribution in [0.2, 0.25) is 0 Å². The zero-order valence-electron chi connectivity index (χ0n) is 8.76. The van der Waals surface area contributed by atoms with Gasteiger partial charge < -0.3 is 9.72 Å². The SMILES string of the molecule is COCCSCC(=O)c1cc([N+](=O)[O-])c[nH]1. The van der Waals surface area contributed by atoms with Crippen LogP contribution in [-0.4, -0.2) is 40.9 Å². The zero-order valence-corrected chi connectivity index (χ0v) is 9.58. The van der Waals surface area contributed by atoms with Gasteiger partial charge in [-0.3, -0.25) is 14.9 Å². The van der Waals surface area contributed by atoms with Gasteiger partial charge in [0.25, 0.3) is 5.69 Å². The van der Waals surface area contributed by atoms with E-state index in [0.29, 0.717) is 12.4 Å². The average molecular weight is 244 g/mol. The largest absolute Gasteiger partial charge is 0.384 e. The molecule has 7 heteroatoms. The lowest BCUT2D eigenvalue weighted by Crippen LogP contribution is -2.04. The van der Waals surface area contributed by atoms with Crippen molar-refractivity contribution in [2.75, 3.05) is 25.2 Å². The molecule has 0 saturated carbocycles. The van der Waals surface area contributed by atoms with Gasteiger partial charge >= 0.3 is 0 Å². The maximum absolute atomic E-state index is 11.5. The van der Waals surface area contributed by atoms with Gasteiger partial charge in [-0.2, -0.15) is 11.8 Å². The summed E-state index contributed by atoms with van der Waals surface area (Å²) in [6.07, 6.45) is 1.22. The lowest BCUT2D eigenvalue weighted by Gasteiger charge is -1.98. The van der Waals surface area contributed by atoms with E-state index >= 15 is 0 Å². The molecule has 16 heavy (non-hydrogen) atoms. The number of ether oxygens (including phenoxy) is 1. The molecule has 1 aromatic rings. The molecule has 0 unspecified atom stereocenters. The monoisotopic (exact) mass is 244 g/mol. The summed E-state index contributed by atoms with van der Waals surface area (Å²) in [6.45, 7) is 0.586. The van der Waals surface area contributed by atoms with E-state index in [1.807, 2.05) is 0 Å². The second-order valence-corrected chi connectivity index (χ2v) is 4.10. The quantitative estimate of drug-likeness (QED) is 0.340. The van der Waals surface area contributed by atoms with Crippen LogP contribution in [0.5, 0.6) is 0 Å². The maximum Gasteiger partial charge on any atom is 0.287 e. The Hall–Kier alpha value is -1.34. The molecule has 0 amide bonds. The van der Waals surface area contributed by atoms with Crippen LogP contribution in [0.25, 0.3) is 0 Å². The normalized spacial score (nSPS) is 10.3. The molecule has 0 radical (unpaired) electrons. The molecule has 0 bridgehead atoms. The van der Waals surface area contributed by atoms with E-state index in [2.05, 4.69) is 4.98 Å². The molecule has 0 aliphatic rings. The van der Waals surface area contributed by atoms with Gasteiger partial charge in [-0.15, -0.1) is 0 Å². The van der Waals surface area contributed by atoms with Gasteiger partial charge in [0.1, 0.15) is 0 Å². The lowest BCUT2D eigenvalue weighted by molar-refractivity contribution is -0.384. The van der Waals surface area contributed by atoms with Crippen LogP contribution in [-0.2, 0) is 4.74 Å². The number of nitrogens with one attached hydrogen (secondary N) is 1. The van der Waals surface area contributed by atoms with Crippen molar-refractivity contribution in [3.05, 3.63) is 28.1 Å². The predicted molar refractivity (Wildman–Crippen MR) is 61.0 cm³/mol. The number of ketones is 1. The molecule has 0 aliphatic heterocycles. The summed E-state index contributed by atoms with van der Waals surface area (Å²) in [5.74, 6) is 0.876. The highest BCUT2D eigenvalue weighted by molar-refractivity contribution is 8.00. The molecule has 1 heterocycles. The van der Waals surface area contributed by atoms with Gasteiger partial charge in [-0.05, 0) is 0 Å². The minimum atomic E-state index is -0.536. The van der Waals surface area contributed by atoms with Crippen LogP contribution in [0.3, 0.4) is 0 Å². The number of rotatable bonds is 7. The third-order valence-corrected chi connectivity index (χ3v) is 2.77. The number of Topliss-reactive ketones (excluding diaryl/α,β-unsaturated/α-hetero) is 1.